The van der Waals surface area contributed by atoms with Gasteiger partial charge < -0.3 is 20.1 Å². The first kappa shape index (κ1) is 14.8. The van der Waals surface area contributed by atoms with Gasteiger partial charge in [-0.25, -0.2) is 4.79 Å². The van der Waals surface area contributed by atoms with Crippen molar-refractivity contribution in [3.63, 3.8) is 0 Å². The molecule has 2 N–H and O–H groups in total. The second-order valence-electron chi connectivity index (χ2n) is 4.46. The lowest BCUT2D eigenvalue weighted by atomic mass is 10.1. The summed E-state index contributed by atoms with van der Waals surface area (Å²) in [5.41, 5.74) is 0. The number of aliphatic carboxylic acids is 1. The van der Waals surface area contributed by atoms with Crippen LogP contribution in [0.4, 0.5) is 4.79 Å². The van der Waals surface area contributed by atoms with Crippen molar-refractivity contribution in [1.29, 1.82) is 0 Å². The van der Waals surface area contributed by atoms with Gasteiger partial charge in [0, 0.05) is 13.1 Å². The average molecular weight is 258 g/mol. The van der Waals surface area contributed by atoms with Gasteiger partial charge in [-0.2, -0.15) is 0 Å². The highest BCUT2D eigenvalue weighted by Crippen LogP contribution is 2.10. The van der Waals surface area contributed by atoms with Crippen LogP contribution in [0.3, 0.4) is 0 Å². The molecule has 104 valence electrons. The number of carboxylic acids is 1. The van der Waals surface area contributed by atoms with Crippen LogP contribution in [0, 0.1) is 0 Å². The normalized spacial score (nSPS) is 19.6. The summed E-state index contributed by atoms with van der Waals surface area (Å²) in [4.78, 5) is 24.2. The van der Waals surface area contributed by atoms with Gasteiger partial charge in [-0.05, 0) is 6.42 Å². The van der Waals surface area contributed by atoms with Crippen LogP contribution in [0.25, 0.3) is 0 Å². The predicted octanol–water partition coefficient (Wildman–Crippen LogP) is 1.06. The number of urea groups is 1. The lowest BCUT2D eigenvalue weighted by Crippen LogP contribution is -2.53. The molecule has 1 aliphatic heterocycles. The van der Waals surface area contributed by atoms with Gasteiger partial charge in [0.15, 0.2) is 0 Å². The summed E-state index contributed by atoms with van der Waals surface area (Å²) in [6.45, 7) is 3.97. The highest BCUT2D eigenvalue weighted by Gasteiger charge is 2.28. The molecule has 0 saturated carbocycles. The Bertz CT molecular complexity index is 283. The van der Waals surface area contributed by atoms with Crippen molar-refractivity contribution in [2.75, 3.05) is 26.3 Å². The predicted molar refractivity (Wildman–Crippen MR) is 66.5 cm³/mol. The Morgan fingerprint density at radius 3 is 2.89 bits per heavy atom. The van der Waals surface area contributed by atoms with Gasteiger partial charge in [-0.15, -0.1) is 0 Å². The highest BCUT2D eigenvalue weighted by molar-refractivity contribution is 5.76. The third kappa shape index (κ3) is 4.91. The first-order chi connectivity index (χ1) is 8.65. The number of carbonyl (C=O) groups is 2. The fraction of sp³-hybridized carbons (Fsp3) is 0.833. The fourth-order valence-corrected chi connectivity index (χ4v) is 1.96. The minimum absolute atomic E-state index is 0.0671. The number of amides is 2. The number of morpholine rings is 1. The largest absolute Gasteiger partial charge is 0.481 e. The molecule has 1 atom stereocenters. The van der Waals surface area contributed by atoms with Gasteiger partial charge in [0.05, 0.1) is 25.7 Å². The van der Waals surface area contributed by atoms with Crippen molar-refractivity contribution >= 4 is 12.0 Å². The van der Waals surface area contributed by atoms with Crippen LogP contribution >= 0.6 is 0 Å². The Balaban J connectivity index is 2.39. The van der Waals surface area contributed by atoms with E-state index in [4.69, 9.17) is 9.84 Å². The van der Waals surface area contributed by atoms with E-state index in [1.54, 1.807) is 4.90 Å². The Morgan fingerprint density at radius 1 is 1.44 bits per heavy atom. The minimum Gasteiger partial charge on any atom is -0.481 e. The van der Waals surface area contributed by atoms with E-state index in [1.165, 1.54) is 0 Å². The van der Waals surface area contributed by atoms with Crippen LogP contribution < -0.4 is 5.32 Å². The first-order valence-electron chi connectivity index (χ1n) is 6.49. The fourth-order valence-electron chi connectivity index (χ4n) is 1.96. The summed E-state index contributed by atoms with van der Waals surface area (Å²) in [6, 6.07) is -0.539. The van der Waals surface area contributed by atoms with E-state index in [0.717, 1.165) is 19.3 Å². The summed E-state index contributed by atoms with van der Waals surface area (Å²) in [7, 11) is 0. The summed E-state index contributed by atoms with van der Waals surface area (Å²) >= 11 is 0. The number of carbonyl (C=O) groups excluding carboxylic acids is 1. The molecule has 1 fully saturated rings. The maximum Gasteiger partial charge on any atom is 0.317 e. The van der Waals surface area contributed by atoms with Crippen molar-refractivity contribution in [2.24, 2.45) is 0 Å². The van der Waals surface area contributed by atoms with Gasteiger partial charge in [0.2, 0.25) is 0 Å². The molecule has 18 heavy (non-hydrogen) atoms. The lowest BCUT2D eigenvalue weighted by molar-refractivity contribution is -0.139. The Labute approximate surface area is 107 Å². The molecular weight excluding hydrogens is 236 g/mol. The van der Waals surface area contributed by atoms with Crippen LogP contribution in [-0.2, 0) is 9.53 Å². The van der Waals surface area contributed by atoms with Crippen LogP contribution in [0.5, 0.6) is 0 Å². The second-order valence-corrected chi connectivity index (χ2v) is 4.46. The zero-order chi connectivity index (χ0) is 13.4. The monoisotopic (exact) mass is 258 g/mol. The average Bonchev–Trinajstić information content (AvgIpc) is 2.34. The summed E-state index contributed by atoms with van der Waals surface area (Å²) in [5.74, 6) is -0.908. The maximum absolute atomic E-state index is 11.9. The smallest absolute Gasteiger partial charge is 0.317 e. The van der Waals surface area contributed by atoms with Crippen LogP contribution in [0.15, 0.2) is 0 Å². The number of nitrogens with zero attached hydrogens (tertiary/aromatic N) is 1. The van der Waals surface area contributed by atoms with Crippen molar-refractivity contribution in [3.8, 4) is 0 Å². The van der Waals surface area contributed by atoms with E-state index in [0.29, 0.717) is 26.3 Å². The molecule has 2 amide bonds. The number of hydrogen-bond acceptors (Lipinski definition) is 3. The first-order valence-corrected chi connectivity index (χ1v) is 6.49. The zero-order valence-corrected chi connectivity index (χ0v) is 10.9. The second kappa shape index (κ2) is 7.92. The van der Waals surface area contributed by atoms with Gasteiger partial charge in [0.25, 0.3) is 0 Å². The molecular formula is C12H22N2O4. The van der Waals surface area contributed by atoms with E-state index < -0.39 is 5.97 Å². The molecule has 1 aliphatic rings. The third-order valence-corrected chi connectivity index (χ3v) is 2.96. The summed E-state index contributed by atoms with van der Waals surface area (Å²) in [5, 5.41) is 11.6. The van der Waals surface area contributed by atoms with Crippen LogP contribution in [-0.4, -0.2) is 54.4 Å². The molecule has 1 rings (SSSR count). The Kier molecular flexibility index (Phi) is 6.49. The van der Waals surface area contributed by atoms with Gasteiger partial charge in [-0.3, -0.25) is 4.79 Å². The Hall–Kier alpha value is -1.30. The number of carboxylic acid groups (broad SMARTS) is 1. The topological polar surface area (TPSA) is 78.9 Å². The van der Waals surface area contributed by atoms with E-state index in [9.17, 15) is 9.59 Å². The van der Waals surface area contributed by atoms with Crippen molar-refractivity contribution in [2.45, 2.75) is 38.6 Å². The number of ether oxygens (including phenoxy) is 1. The molecule has 0 aliphatic carbocycles. The van der Waals surface area contributed by atoms with E-state index >= 15 is 0 Å². The number of nitrogens with one attached hydrogen (secondary N) is 1. The summed E-state index contributed by atoms with van der Waals surface area (Å²) in [6.07, 6.45) is 3.08. The molecule has 6 heteroatoms. The standard InChI is InChI=1S/C12H22N2O4/c1-2-3-4-5-13-12(17)14-6-7-18-9-10(14)8-11(15)16/h10H,2-9H2,1H3,(H,13,17)(H,15,16). The van der Waals surface area contributed by atoms with E-state index in [-0.39, 0.29) is 18.5 Å². The van der Waals surface area contributed by atoms with Gasteiger partial charge >= 0.3 is 12.0 Å². The third-order valence-electron chi connectivity index (χ3n) is 2.96. The maximum atomic E-state index is 11.9. The molecule has 0 radical (unpaired) electrons. The molecule has 0 aromatic heterocycles. The number of unbranched alkanes of at least 4 members (excludes halogenated alkanes) is 2. The number of hydrogen-bond donors (Lipinski definition) is 2. The summed E-state index contributed by atoms with van der Waals surface area (Å²) < 4.78 is 5.22. The van der Waals surface area contributed by atoms with Crippen molar-refractivity contribution in [1.82, 2.24) is 10.2 Å². The quantitative estimate of drug-likeness (QED) is 0.698. The van der Waals surface area contributed by atoms with Gasteiger partial charge in [0.1, 0.15) is 0 Å². The zero-order valence-electron chi connectivity index (χ0n) is 10.9. The molecule has 1 saturated heterocycles. The van der Waals surface area contributed by atoms with Crippen molar-refractivity contribution in [3.05, 3.63) is 0 Å². The molecule has 0 aromatic rings. The van der Waals surface area contributed by atoms with E-state index in [2.05, 4.69) is 12.2 Å². The van der Waals surface area contributed by atoms with Crippen molar-refractivity contribution < 1.29 is 19.4 Å². The Morgan fingerprint density at radius 2 is 2.22 bits per heavy atom. The molecule has 6 nitrogen and oxygen atoms in total. The minimum atomic E-state index is -0.908. The molecule has 0 spiro atoms. The highest BCUT2D eigenvalue weighted by atomic mass is 16.5. The SMILES string of the molecule is CCCCCNC(=O)N1CCOCC1CC(=O)O. The lowest BCUT2D eigenvalue weighted by Gasteiger charge is -2.34. The molecule has 1 heterocycles. The molecule has 1 unspecified atom stereocenters. The van der Waals surface area contributed by atoms with Gasteiger partial charge in [-0.1, -0.05) is 19.8 Å². The number of rotatable bonds is 6. The molecule has 0 aromatic carbocycles. The molecule has 0 bridgehead atoms. The van der Waals surface area contributed by atoms with Crippen LogP contribution in [0.1, 0.15) is 32.6 Å². The van der Waals surface area contributed by atoms with Crippen LogP contribution in [0.2, 0.25) is 0 Å². The van der Waals surface area contributed by atoms with E-state index in [1.807, 2.05) is 0 Å².